The van der Waals surface area contributed by atoms with Gasteiger partial charge in [-0.15, -0.1) is 23.5 Å². The van der Waals surface area contributed by atoms with Crippen LogP contribution < -0.4 is 5.01 Å². The molecule has 5 heteroatoms. The molecule has 0 radical (unpaired) electrons. The number of anilines is 1. The van der Waals surface area contributed by atoms with Crippen molar-refractivity contribution >= 4 is 40.8 Å². The maximum absolute atomic E-state index is 13.3. The van der Waals surface area contributed by atoms with Crippen LogP contribution in [0.1, 0.15) is 97.8 Å². The van der Waals surface area contributed by atoms with E-state index in [4.69, 9.17) is 0 Å². The van der Waals surface area contributed by atoms with Crippen LogP contribution in [0.2, 0.25) is 0 Å². The Bertz CT molecular complexity index is 710. The fourth-order valence-corrected chi connectivity index (χ4v) is 6.43. The molecule has 0 saturated carbocycles. The molecule has 1 aromatic carbocycles. The predicted octanol–water partition coefficient (Wildman–Crippen LogP) is 8.81. The van der Waals surface area contributed by atoms with E-state index in [2.05, 4.69) is 18.9 Å². The van der Waals surface area contributed by atoms with Crippen LogP contribution >= 0.6 is 23.5 Å². The zero-order valence-corrected chi connectivity index (χ0v) is 22.0. The Balaban J connectivity index is 1.97. The fourth-order valence-electron chi connectivity index (χ4n) is 3.77. The van der Waals surface area contributed by atoms with Gasteiger partial charge in [0.1, 0.15) is 0 Å². The lowest BCUT2D eigenvalue weighted by atomic mass is 10.1. The lowest BCUT2D eigenvalue weighted by Crippen LogP contribution is -2.21. The van der Waals surface area contributed by atoms with Crippen LogP contribution in [0.4, 0.5) is 5.69 Å². The zero-order chi connectivity index (χ0) is 23.0. The van der Waals surface area contributed by atoms with Gasteiger partial charge in [-0.25, -0.2) is 0 Å². The number of nitrogens with zero attached hydrogens (tertiary/aromatic N) is 2. The van der Waals surface area contributed by atoms with E-state index in [0.717, 1.165) is 28.5 Å². The highest BCUT2D eigenvalue weighted by Gasteiger charge is 2.31. The van der Waals surface area contributed by atoms with E-state index in [1.54, 1.807) is 5.01 Å². The van der Waals surface area contributed by atoms with Gasteiger partial charge in [-0.05, 0) is 43.4 Å². The standard InChI is InChI=1S/C27H42N2OS2/c1-4-6-8-10-12-17-21-31-27(32-22-18-13-11-9-7-5-2)25-23(3)28-29(26(25)30)24-19-15-14-16-20-24/h14-16,19-20H,4-13,17-18,21-22H2,1-3H3. The molecule has 2 rings (SSSR count). The number of rotatable bonds is 17. The molecule has 178 valence electrons. The molecule has 1 heterocycles. The Morgan fingerprint density at radius 3 is 1.81 bits per heavy atom. The summed E-state index contributed by atoms with van der Waals surface area (Å²) in [5, 5.41) is 6.18. The molecule has 0 aromatic heterocycles. The molecule has 1 aromatic rings. The van der Waals surface area contributed by atoms with Crippen molar-refractivity contribution in [1.82, 2.24) is 0 Å². The third kappa shape index (κ3) is 9.35. The number of hydrazone groups is 1. The van der Waals surface area contributed by atoms with Crippen LogP contribution in [0.3, 0.4) is 0 Å². The maximum Gasteiger partial charge on any atom is 0.282 e. The highest BCUT2D eigenvalue weighted by Crippen LogP contribution is 2.37. The summed E-state index contributed by atoms with van der Waals surface area (Å²) < 4.78 is 1.18. The normalized spacial score (nSPS) is 13.7. The quantitative estimate of drug-likeness (QED) is 0.167. The van der Waals surface area contributed by atoms with Gasteiger partial charge in [-0.3, -0.25) is 4.79 Å². The molecule has 1 amide bonds. The van der Waals surface area contributed by atoms with E-state index in [1.165, 1.54) is 81.3 Å². The molecule has 0 saturated heterocycles. The number of thioether (sulfide) groups is 2. The molecule has 1 aliphatic heterocycles. The summed E-state index contributed by atoms with van der Waals surface area (Å²) in [5.41, 5.74) is 2.51. The minimum absolute atomic E-state index is 0.0228. The van der Waals surface area contributed by atoms with E-state index in [1.807, 2.05) is 60.8 Å². The van der Waals surface area contributed by atoms with Crippen molar-refractivity contribution < 1.29 is 4.79 Å². The SMILES string of the molecule is CCCCCCCCSC(SCCCCCCCC)=C1C(=O)N(c2ccccc2)N=C1C. The van der Waals surface area contributed by atoms with Crippen LogP contribution in [0, 0.1) is 0 Å². The average Bonchev–Trinajstić information content (AvgIpc) is 3.11. The molecule has 3 nitrogen and oxygen atoms in total. The molecule has 0 spiro atoms. The number of hydrogen-bond acceptors (Lipinski definition) is 4. The summed E-state index contributed by atoms with van der Waals surface area (Å²) in [6, 6.07) is 9.78. The lowest BCUT2D eigenvalue weighted by molar-refractivity contribution is -0.114. The summed E-state index contributed by atoms with van der Waals surface area (Å²) in [7, 11) is 0. The van der Waals surface area contributed by atoms with Crippen LogP contribution in [0.5, 0.6) is 0 Å². The Morgan fingerprint density at radius 2 is 1.28 bits per heavy atom. The Kier molecular flexibility index (Phi) is 13.9. The molecule has 0 unspecified atom stereocenters. The first-order valence-corrected chi connectivity index (χ1v) is 14.6. The number of carbonyl (C=O) groups is 1. The molecule has 0 N–H and O–H groups in total. The minimum Gasteiger partial charge on any atom is -0.267 e. The van der Waals surface area contributed by atoms with Gasteiger partial charge in [0.25, 0.3) is 5.91 Å². The fraction of sp³-hybridized carbons (Fsp3) is 0.630. The Hall–Kier alpha value is -1.20. The molecule has 0 fully saturated rings. The molecule has 0 aliphatic carbocycles. The van der Waals surface area contributed by atoms with Gasteiger partial charge >= 0.3 is 0 Å². The number of unbranched alkanes of at least 4 members (excludes halogenated alkanes) is 10. The monoisotopic (exact) mass is 474 g/mol. The maximum atomic E-state index is 13.3. The summed E-state index contributed by atoms with van der Waals surface area (Å²) >= 11 is 3.75. The first-order chi connectivity index (χ1) is 15.7. The molecular weight excluding hydrogens is 432 g/mol. The van der Waals surface area contributed by atoms with Crippen LogP contribution in [0.25, 0.3) is 0 Å². The van der Waals surface area contributed by atoms with Crippen molar-refractivity contribution in [3.63, 3.8) is 0 Å². The second-order valence-corrected chi connectivity index (χ2v) is 11.0. The van der Waals surface area contributed by atoms with Crippen molar-refractivity contribution in [2.45, 2.75) is 97.8 Å². The van der Waals surface area contributed by atoms with Gasteiger partial charge < -0.3 is 0 Å². The molecule has 0 atom stereocenters. The molecule has 1 aliphatic rings. The van der Waals surface area contributed by atoms with Gasteiger partial charge in [0.2, 0.25) is 0 Å². The third-order valence-corrected chi connectivity index (χ3v) is 8.31. The van der Waals surface area contributed by atoms with Gasteiger partial charge in [0.05, 0.1) is 21.2 Å². The van der Waals surface area contributed by atoms with Crippen molar-refractivity contribution in [3.05, 3.63) is 40.1 Å². The Labute approximate surface area is 204 Å². The minimum atomic E-state index is 0.0228. The van der Waals surface area contributed by atoms with E-state index < -0.39 is 0 Å². The van der Waals surface area contributed by atoms with Crippen molar-refractivity contribution in [1.29, 1.82) is 0 Å². The zero-order valence-electron chi connectivity index (χ0n) is 20.4. The van der Waals surface area contributed by atoms with E-state index in [0.29, 0.717) is 0 Å². The van der Waals surface area contributed by atoms with Crippen molar-refractivity contribution in [2.75, 3.05) is 16.5 Å². The molecule has 32 heavy (non-hydrogen) atoms. The van der Waals surface area contributed by atoms with Gasteiger partial charge in [0, 0.05) is 0 Å². The number of benzene rings is 1. The second-order valence-electron chi connectivity index (χ2n) is 8.53. The number of carbonyl (C=O) groups excluding carboxylic acids is 1. The second kappa shape index (κ2) is 16.4. The van der Waals surface area contributed by atoms with Gasteiger partial charge in [-0.1, -0.05) is 96.3 Å². The predicted molar refractivity (Wildman–Crippen MR) is 146 cm³/mol. The number of hydrogen-bond donors (Lipinski definition) is 0. The summed E-state index contributed by atoms with van der Waals surface area (Å²) in [6.45, 7) is 6.50. The summed E-state index contributed by atoms with van der Waals surface area (Å²) in [4.78, 5) is 13.3. The van der Waals surface area contributed by atoms with Gasteiger partial charge in [0.15, 0.2) is 0 Å². The highest BCUT2D eigenvalue weighted by atomic mass is 32.2. The Morgan fingerprint density at radius 1 is 0.781 bits per heavy atom. The smallest absolute Gasteiger partial charge is 0.267 e. The lowest BCUT2D eigenvalue weighted by Gasteiger charge is -2.13. The van der Waals surface area contributed by atoms with Gasteiger partial charge in [-0.2, -0.15) is 10.1 Å². The summed E-state index contributed by atoms with van der Waals surface area (Å²) in [5.74, 6) is 2.19. The van der Waals surface area contributed by atoms with Crippen LogP contribution in [-0.4, -0.2) is 23.1 Å². The van der Waals surface area contributed by atoms with E-state index in [-0.39, 0.29) is 5.91 Å². The molecular formula is C27H42N2OS2. The average molecular weight is 475 g/mol. The number of para-hydroxylation sites is 1. The van der Waals surface area contributed by atoms with E-state index in [9.17, 15) is 4.79 Å². The largest absolute Gasteiger partial charge is 0.282 e. The van der Waals surface area contributed by atoms with Crippen molar-refractivity contribution in [2.24, 2.45) is 5.10 Å². The first-order valence-electron chi connectivity index (χ1n) is 12.6. The first kappa shape index (κ1) is 27.0. The summed E-state index contributed by atoms with van der Waals surface area (Å²) in [6.07, 6.45) is 15.6. The van der Waals surface area contributed by atoms with E-state index >= 15 is 0 Å². The van der Waals surface area contributed by atoms with Crippen LogP contribution in [-0.2, 0) is 4.79 Å². The topological polar surface area (TPSA) is 32.7 Å². The highest BCUT2D eigenvalue weighted by molar-refractivity contribution is 8.22. The molecule has 0 bridgehead atoms. The third-order valence-electron chi connectivity index (χ3n) is 5.69. The van der Waals surface area contributed by atoms with Crippen molar-refractivity contribution in [3.8, 4) is 0 Å². The van der Waals surface area contributed by atoms with Crippen LogP contribution in [0.15, 0.2) is 45.2 Å². The number of amides is 1.